The Hall–Kier alpha value is 0.240. The van der Waals surface area contributed by atoms with E-state index in [0.717, 1.165) is 4.99 Å². The first kappa shape index (κ1) is 12.2. The van der Waals surface area contributed by atoms with Crippen LogP contribution in [0.5, 0.6) is 0 Å². The summed E-state index contributed by atoms with van der Waals surface area (Å²) in [5.74, 6) is 0. The summed E-state index contributed by atoms with van der Waals surface area (Å²) in [5.41, 5.74) is -5.41. The van der Waals surface area contributed by atoms with Gasteiger partial charge >= 0.3 is 15.6 Å². The molecule has 0 aliphatic carbocycles. The van der Waals surface area contributed by atoms with Gasteiger partial charge in [-0.25, -0.2) is 0 Å². The van der Waals surface area contributed by atoms with Crippen LogP contribution in [-0.4, -0.2) is 13.9 Å². The normalized spacial score (nSPS) is 14.6. The average Bonchev–Trinajstić information content (AvgIpc) is 1.84. The quantitative estimate of drug-likeness (QED) is 0.443. The van der Waals surface area contributed by atoms with Gasteiger partial charge in [0.05, 0.1) is 0 Å². The van der Waals surface area contributed by atoms with E-state index >= 15 is 0 Å². The van der Waals surface area contributed by atoms with Gasteiger partial charge in [0.25, 0.3) is 0 Å². The molecule has 72 valence electrons. The minimum atomic E-state index is -5.55. The van der Waals surface area contributed by atoms with E-state index in [1.165, 1.54) is 0 Å². The molecule has 0 saturated carbocycles. The highest BCUT2D eigenvalue weighted by Gasteiger charge is 2.48. The van der Waals surface area contributed by atoms with Crippen LogP contribution < -0.4 is 0 Å². The minimum absolute atomic E-state index is 0.583. The molecule has 12 heavy (non-hydrogen) atoms. The summed E-state index contributed by atoms with van der Waals surface area (Å²) in [6.07, 6.45) is 0. The molecule has 3 nitrogen and oxygen atoms in total. The Morgan fingerprint density at radius 1 is 1.42 bits per heavy atom. The molecule has 0 amide bonds. The van der Waals surface area contributed by atoms with Crippen molar-refractivity contribution in [3.63, 3.8) is 0 Å². The molecular formula is C3HBr2F3O3S. The molecule has 0 aromatic heterocycles. The number of rotatable bonds is 2. The van der Waals surface area contributed by atoms with Crippen molar-refractivity contribution in [2.45, 2.75) is 5.51 Å². The fourth-order valence-corrected chi connectivity index (χ4v) is 1.26. The summed E-state index contributed by atoms with van der Waals surface area (Å²) in [4.78, 5) is 0.844. The molecule has 0 atom stereocenters. The lowest BCUT2D eigenvalue weighted by atomic mass is 11.2. The maximum absolute atomic E-state index is 11.6. The predicted molar refractivity (Wildman–Crippen MR) is 42.0 cm³/mol. The Kier molecular flexibility index (Phi) is 4.04. The van der Waals surface area contributed by atoms with Gasteiger partial charge in [-0.05, 0) is 15.9 Å². The standard InChI is InChI=1S/C3HBr2F3O3S/c4-1-2(5)11-12(9,10)3(6,7)8/h1H. The van der Waals surface area contributed by atoms with Gasteiger partial charge in [0, 0.05) is 4.99 Å². The molecule has 0 rings (SSSR count). The summed E-state index contributed by atoms with van der Waals surface area (Å²) < 4.78 is 58.0. The first-order valence-corrected chi connectivity index (χ1v) is 5.29. The van der Waals surface area contributed by atoms with Crippen molar-refractivity contribution in [3.05, 3.63) is 9.65 Å². The Labute approximate surface area is 83.0 Å². The summed E-state index contributed by atoms with van der Waals surface area (Å²) in [6.45, 7) is 0. The van der Waals surface area contributed by atoms with E-state index in [0.29, 0.717) is 0 Å². The highest BCUT2D eigenvalue weighted by Crippen LogP contribution is 2.28. The molecule has 0 radical (unpaired) electrons. The van der Waals surface area contributed by atoms with E-state index in [9.17, 15) is 21.6 Å². The van der Waals surface area contributed by atoms with Gasteiger partial charge in [-0.1, -0.05) is 15.9 Å². The van der Waals surface area contributed by atoms with Gasteiger partial charge in [-0.2, -0.15) is 21.6 Å². The van der Waals surface area contributed by atoms with E-state index in [1.54, 1.807) is 0 Å². The highest BCUT2D eigenvalue weighted by atomic mass is 79.9. The number of hydrogen-bond donors (Lipinski definition) is 0. The van der Waals surface area contributed by atoms with Gasteiger partial charge < -0.3 is 4.18 Å². The van der Waals surface area contributed by atoms with Crippen LogP contribution in [0.1, 0.15) is 0 Å². The van der Waals surface area contributed by atoms with Gasteiger partial charge in [0.15, 0.2) is 4.67 Å². The zero-order valence-corrected chi connectivity index (χ0v) is 9.09. The van der Waals surface area contributed by atoms with Crippen molar-refractivity contribution in [1.82, 2.24) is 0 Å². The molecule has 0 unspecified atom stereocenters. The zero-order chi connectivity index (χ0) is 9.99. The van der Waals surface area contributed by atoms with Crippen molar-refractivity contribution in [3.8, 4) is 0 Å². The topological polar surface area (TPSA) is 43.4 Å². The Balaban J connectivity index is 4.70. The molecule has 0 heterocycles. The molecular weight excluding hydrogens is 333 g/mol. The molecule has 0 fully saturated rings. The smallest absolute Gasteiger partial charge is 0.368 e. The Morgan fingerprint density at radius 3 is 2.08 bits per heavy atom. The summed E-state index contributed by atoms with van der Waals surface area (Å²) >= 11 is 4.99. The third-order valence-electron chi connectivity index (χ3n) is 0.559. The second-order valence-electron chi connectivity index (χ2n) is 1.40. The lowest BCUT2D eigenvalue weighted by Crippen LogP contribution is -2.24. The Morgan fingerprint density at radius 2 is 1.83 bits per heavy atom. The van der Waals surface area contributed by atoms with Crippen LogP contribution in [-0.2, 0) is 14.3 Å². The molecule has 0 saturated heterocycles. The SMILES string of the molecule is O=S(=O)(OC(Br)=CBr)C(F)(F)F. The van der Waals surface area contributed by atoms with E-state index < -0.39 is 20.3 Å². The molecule has 0 aliphatic rings. The third kappa shape index (κ3) is 3.31. The van der Waals surface area contributed by atoms with Crippen LogP contribution in [0.4, 0.5) is 13.2 Å². The van der Waals surface area contributed by atoms with Crippen LogP contribution in [0.3, 0.4) is 0 Å². The predicted octanol–water partition coefficient (Wildman–Crippen LogP) is 2.44. The van der Waals surface area contributed by atoms with Gasteiger partial charge in [-0.15, -0.1) is 0 Å². The summed E-state index contributed by atoms with van der Waals surface area (Å²) in [6, 6.07) is 0. The molecule has 0 N–H and O–H groups in total. The largest absolute Gasteiger partial charge is 0.534 e. The number of alkyl halides is 3. The molecule has 0 bridgehead atoms. The Bertz CT molecular complexity index is 280. The molecule has 0 spiro atoms. The number of hydrogen-bond acceptors (Lipinski definition) is 3. The fourth-order valence-electron chi connectivity index (χ4n) is 0.170. The van der Waals surface area contributed by atoms with Crippen LogP contribution in [0.15, 0.2) is 9.65 Å². The van der Waals surface area contributed by atoms with Gasteiger partial charge in [0.2, 0.25) is 0 Å². The second kappa shape index (κ2) is 3.97. The van der Waals surface area contributed by atoms with Crippen LogP contribution >= 0.6 is 31.9 Å². The van der Waals surface area contributed by atoms with E-state index in [4.69, 9.17) is 0 Å². The summed E-state index contributed by atoms with van der Waals surface area (Å²) in [7, 11) is -5.55. The maximum Gasteiger partial charge on any atom is 0.534 e. The molecule has 0 aromatic carbocycles. The molecule has 9 heteroatoms. The second-order valence-corrected chi connectivity index (χ2v) is 4.17. The molecule has 0 aliphatic heterocycles. The van der Waals surface area contributed by atoms with Crippen molar-refractivity contribution < 1.29 is 25.8 Å². The van der Waals surface area contributed by atoms with Crippen molar-refractivity contribution >= 4 is 42.0 Å². The average molecular weight is 334 g/mol. The first-order chi connectivity index (χ1) is 5.20. The first-order valence-electron chi connectivity index (χ1n) is 2.17. The van der Waals surface area contributed by atoms with Crippen molar-refractivity contribution in [2.24, 2.45) is 0 Å². The zero-order valence-electron chi connectivity index (χ0n) is 5.10. The molecule has 0 aromatic rings. The number of halogens is 5. The van der Waals surface area contributed by atoms with Crippen LogP contribution in [0.2, 0.25) is 0 Å². The van der Waals surface area contributed by atoms with Gasteiger partial charge in [0.1, 0.15) is 0 Å². The lowest BCUT2D eigenvalue weighted by molar-refractivity contribution is -0.0516. The lowest BCUT2D eigenvalue weighted by Gasteiger charge is -2.07. The van der Waals surface area contributed by atoms with Crippen LogP contribution in [0.25, 0.3) is 0 Å². The minimum Gasteiger partial charge on any atom is -0.368 e. The monoisotopic (exact) mass is 332 g/mol. The maximum atomic E-state index is 11.6. The summed E-state index contributed by atoms with van der Waals surface area (Å²) in [5, 5.41) is 0. The van der Waals surface area contributed by atoms with Crippen molar-refractivity contribution in [2.75, 3.05) is 0 Å². The van der Waals surface area contributed by atoms with E-state index in [2.05, 4.69) is 36.0 Å². The highest BCUT2D eigenvalue weighted by molar-refractivity contribution is 9.13. The van der Waals surface area contributed by atoms with E-state index in [1.807, 2.05) is 0 Å². The van der Waals surface area contributed by atoms with Crippen LogP contribution in [0, 0.1) is 0 Å². The van der Waals surface area contributed by atoms with Crippen molar-refractivity contribution in [1.29, 1.82) is 0 Å². The van der Waals surface area contributed by atoms with E-state index in [-0.39, 0.29) is 0 Å². The van der Waals surface area contributed by atoms with Gasteiger partial charge in [-0.3, -0.25) is 0 Å². The third-order valence-corrected chi connectivity index (χ3v) is 3.16. The fraction of sp³-hybridized carbons (Fsp3) is 0.333.